The maximum Gasteiger partial charge on any atom is 0.410 e. The lowest BCUT2D eigenvalue weighted by atomic mass is 9.88. The number of likely N-dealkylation sites (tertiary alicyclic amines) is 2. The van der Waals surface area contributed by atoms with Gasteiger partial charge in [0.25, 0.3) is 11.8 Å². The second-order valence-electron chi connectivity index (χ2n) is 34.3. The van der Waals surface area contributed by atoms with Crippen molar-refractivity contribution in [1.82, 2.24) is 51.5 Å². The van der Waals surface area contributed by atoms with Crippen LogP contribution in [0, 0.1) is 35.5 Å². The monoisotopic (exact) mass is 1730 g/mol. The third kappa shape index (κ3) is 30.3. The second-order valence-corrected chi connectivity index (χ2v) is 34.3. The number of aliphatic carboxylic acids is 3. The van der Waals surface area contributed by atoms with Crippen LogP contribution in [0.15, 0.2) is 109 Å². The molecule has 680 valence electrons. The minimum atomic E-state index is -1.44. The number of carbonyl (C=O) groups is 17. The van der Waals surface area contributed by atoms with Crippen LogP contribution in [0.1, 0.15) is 218 Å². The molecule has 125 heavy (non-hydrogen) atoms. The van der Waals surface area contributed by atoms with Crippen molar-refractivity contribution in [2.45, 2.75) is 272 Å². The maximum absolute atomic E-state index is 14.6. The van der Waals surface area contributed by atoms with Gasteiger partial charge < -0.3 is 76.3 Å². The van der Waals surface area contributed by atoms with Crippen LogP contribution in [0.4, 0.5) is 9.59 Å². The highest BCUT2D eigenvalue weighted by atomic mass is 16.6. The lowest BCUT2D eigenvalue weighted by Gasteiger charge is -2.32. The SMILES string of the molecule is CCCC(NC(=O)C1CC(OC(=O)N2CCc3ccccc3C2)CN1C(=O)[C@@H](NC(=O)[C@@H](CC(=O)CCCCC(=O)O)C(C)C)C(C)C)C(=O)C(=O)N[C@@H](C)c1ccccc1.CCCC(NC(=O)C1CC(OC(=O)N2CCc3ccccc3C2)CN1C(=O)[C@@H](NC(=O)[C@@H](CC(=O)CCCCC(=O)O)C(C)C)C(C)C)C(=O)C(=O)N[C@@H](Cc1ccccc1)C(=O)O. The van der Waals surface area contributed by atoms with Crippen LogP contribution >= 0.6 is 0 Å². The Morgan fingerprint density at radius 2 is 0.792 bits per heavy atom. The van der Waals surface area contributed by atoms with Gasteiger partial charge >= 0.3 is 30.1 Å². The van der Waals surface area contributed by atoms with E-state index >= 15 is 0 Å². The molecule has 12 atom stereocenters. The molecule has 2 saturated heterocycles. The smallest absolute Gasteiger partial charge is 0.410 e. The van der Waals surface area contributed by atoms with Gasteiger partial charge in [0.15, 0.2) is 0 Å². The fourth-order valence-electron chi connectivity index (χ4n) is 15.9. The number of carboxylic acid groups (broad SMARTS) is 3. The summed E-state index contributed by atoms with van der Waals surface area (Å²) in [6.45, 7) is 20.3. The summed E-state index contributed by atoms with van der Waals surface area (Å²) in [7, 11) is 0. The van der Waals surface area contributed by atoms with E-state index in [4.69, 9.17) is 19.7 Å². The number of carboxylic acids is 3. The third-order valence-corrected chi connectivity index (χ3v) is 23.2. The zero-order chi connectivity index (χ0) is 91.9. The zero-order valence-corrected chi connectivity index (χ0v) is 73.7. The minimum absolute atomic E-state index is 0.00345. The van der Waals surface area contributed by atoms with Crippen LogP contribution in [0.5, 0.6) is 0 Å². The number of ether oxygens (including phenoxy) is 2. The average Bonchev–Trinajstić information content (AvgIpc) is 1.66. The van der Waals surface area contributed by atoms with Gasteiger partial charge in [-0.1, -0.05) is 191 Å². The fraction of sp³-hybridized carbons (Fsp3) is 0.559. The molecule has 4 aromatic rings. The van der Waals surface area contributed by atoms with E-state index in [1.807, 2.05) is 85.8 Å². The van der Waals surface area contributed by atoms with E-state index in [0.717, 1.165) is 27.8 Å². The number of carbonyl (C=O) groups excluding carboxylic acids is 14. The number of hydrogen-bond donors (Lipinski definition) is 9. The Bertz CT molecular complexity index is 4440. The van der Waals surface area contributed by atoms with Gasteiger partial charge in [0.1, 0.15) is 54.0 Å². The predicted molar refractivity (Wildman–Crippen MR) is 460 cm³/mol. The first-order valence-corrected chi connectivity index (χ1v) is 43.7. The first-order chi connectivity index (χ1) is 59.4. The normalized spacial score (nSPS) is 17.8. The Morgan fingerprint density at radius 1 is 0.424 bits per heavy atom. The lowest BCUT2D eigenvalue weighted by Crippen LogP contribution is -2.58. The number of nitrogens with zero attached hydrogens (tertiary/aromatic N) is 4. The van der Waals surface area contributed by atoms with Gasteiger partial charge in [-0.3, -0.25) is 67.1 Å². The summed E-state index contributed by atoms with van der Waals surface area (Å²) in [5.74, 6) is -14.7. The molecule has 0 aromatic heterocycles. The van der Waals surface area contributed by atoms with Crippen LogP contribution in [-0.2, 0) is 114 Å². The lowest BCUT2D eigenvalue weighted by molar-refractivity contribution is -0.146. The quantitative estimate of drug-likeness (QED) is 0.0147. The molecule has 4 aliphatic heterocycles. The standard InChI is InChI=1S/C47H63N5O12.C46H63N5O10/c1-6-14-36(41(56)44(59)49-37(46(61)62)23-30-15-8-7-9-16-30)48-43(58)38-25-34(64-47(63)51-22-21-31-17-10-11-18-32(31)26-51)27-52(38)45(60)40(29(4)5)50-42(57)35(28(2)3)24-33(53)19-12-13-20-39(54)55;1-7-15-37(41(55)44(58)47-30(6)31-16-9-8-10-17-31)48-43(57)38-25-35(61-46(60)50-23-22-32-18-11-12-19-33(32)26-50)27-51(38)45(59)40(29(4)5)49-42(56)36(28(2)3)24-34(52)20-13-14-21-39(53)54/h7-11,15-18,28-29,34-38,40H,6,12-14,19-27H2,1-5H3,(H,48,58)(H,49,59)(H,50,57)(H,54,55)(H,61,62);8-12,16-19,28-30,35-38,40H,7,13-15,20-27H2,1-6H3,(H,47,58)(H,48,57)(H,49,56)(H,53,54)/t34?,35-,36?,37-,38?,40-;30-,35?,36-,37?,38?,40-/m00/s1. The summed E-state index contributed by atoms with van der Waals surface area (Å²) in [6, 6.07) is 23.8. The number of hydrogen-bond acceptors (Lipinski definition) is 19. The Morgan fingerprint density at radius 3 is 1.16 bits per heavy atom. The molecule has 32 heteroatoms. The van der Waals surface area contributed by atoms with Crippen molar-refractivity contribution >= 4 is 100 Å². The topological polar surface area (TPSA) is 454 Å². The highest BCUT2D eigenvalue weighted by Gasteiger charge is 2.49. The van der Waals surface area contributed by atoms with Crippen molar-refractivity contribution in [1.29, 1.82) is 0 Å². The summed E-state index contributed by atoms with van der Waals surface area (Å²) in [4.78, 5) is 232. The Labute approximate surface area is 730 Å². The number of benzene rings is 4. The molecular formula is C93H126N10O22. The van der Waals surface area contributed by atoms with Crippen LogP contribution in [0.2, 0.25) is 0 Å². The minimum Gasteiger partial charge on any atom is -0.481 e. The molecule has 8 rings (SSSR count). The Balaban J connectivity index is 0.000000344. The maximum atomic E-state index is 14.6. The van der Waals surface area contributed by atoms with Gasteiger partial charge in [-0.15, -0.1) is 0 Å². The van der Waals surface area contributed by atoms with Crippen LogP contribution in [-0.4, -0.2) is 216 Å². The number of rotatable bonds is 44. The Hall–Kier alpha value is -11.7. The molecule has 4 aromatic carbocycles. The van der Waals surface area contributed by atoms with E-state index in [9.17, 15) is 86.6 Å². The fourth-order valence-corrected chi connectivity index (χ4v) is 15.9. The molecule has 0 radical (unpaired) electrons. The van der Waals surface area contributed by atoms with Gasteiger partial charge in [-0.2, -0.15) is 0 Å². The van der Waals surface area contributed by atoms with Gasteiger partial charge in [-0.25, -0.2) is 14.4 Å². The predicted octanol–water partition coefficient (Wildman–Crippen LogP) is 8.73. The average molecular weight is 1740 g/mol. The molecule has 4 heterocycles. The molecule has 4 aliphatic rings. The second kappa shape index (κ2) is 49.1. The number of Topliss-reactive ketones (excluding diaryl/α,β-unsaturated/α-hetero) is 4. The molecule has 0 saturated carbocycles. The van der Waals surface area contributed by atoms with E-state index in [-0.39, 0.29) is 107 Å². The number of ketones is 4. The molecule has 10 amide bonds. The highest BCUT2D eigenvalue weighted by Crippen LogP contribution is 2.31. The number of nitrogens with one attached hydrogen (secondary N) is 6. The summed E-state index contributed by atoms with van der Waals surface area (Å²) in [5.41, 5.74) is 5.62. The van der Waals surface area contributed by atoms with Gasteiger partial charge in [0.2, 0.25) is 47.0 Å². The van der Waals surface area contributed by atoms with E-state index in [1.165, 1.54) is 14.7 Å². The summed E-state index contributed by atoms with van der Waals surface area (Å²) < 4.78 is 11.9. The number of amides is 10. The number of fused-ring (bicyclic) bond motifs is 2. The molecule has 0 bridgehead atoms. The summed E-state index contributed by atoms with van der Waals surface area (Å²) in [6.07, 6.45) is -0.0457. The highest BCUT2D eigenvalue weighted by molar-refractivity contribution is 6.39. The van der Waals surface area contributed by atoms with Crippen LogP contribution < -0.4 is 31.9 Å². The summed E-state index contributed by atoms with van der Waals surface area (Å²) >= 11 is 0. The van der Waals surface area contributed by atoms with Crippen molar-refractivity contribution in [3.63, 3.8) is 0 Å². The van der Waals surface area contributed by atoms with Gasteiger partial charge in [0, 0.05) is 95.8 Å². The Kier molecular flexibility index (Phi) is 39.4. The van der Waals surface area contributed by atoms with E-state index in [2.05, 4.69) is 31.9 Å². The molecule has 9 N–H and O–H groups in total. The van der Waals surface area contributed by atoms with Crippen molar-refractivity contribution in [2.24, 2.45) is 35.5 Å². The zero-order valence-electron chi connectivity index (χ0n) is 73.7. The largest absolute Gasteiger partial charge is 0.481 e. The molecule has 2 fully saturated rings. The van der Waals surface area contributed by atoms with E-state index in [1.54, 1.807) is 104 Å². The van der Waals surface area contributed by atoms with Crippen molar-refractivity contribution in [2.75, 3.05) is 26.2 Å². The van der Waals surface area contributed by atoms with Gasteiger partial charge in [0.05, 0.1) is 31.2 Å². The van der Waals surface area contributed by atoms with Crippen LogP contribution in [0.3, 0.4) is 0 Å². The number of unbranched alkanes of at least 4 members (excludes halogenated alkanes) is 2. The first kappa shape index (κ1) is 100. The van der Waals surface area contributed by atoms with E-state index in [0.29, 0.717) is 83.1 Å². The van der Waals surface area contributed by atoms with Crippen LogP contribution in [0.25, 0.3) is 0 Å². The van der Waals surface area contributed by atoms with Gasteiger partial charge in [-0.05, 0) is 115 Å². The van der Waals surface area contributed by atoms with Crippen molar-refractivity contribution in [3.05, 3.63) is 143 Å². The molecule has 32 nitrogen and oxygen atoms in total. The molecule has 6 unspecified atom stereocenters. The first-order valence-electron chi connectivity index (χ1n) is 43.7. The van der Waals surface area contributed by atoms with Crippen molar-refractivity contribution in [3.8, 4) is 0 Å². The molecule has 0 aliphatic carbocycles. The third-order valence-electron chi connectivity index (χ3n) is 23.2. The summed E-state index contributed by atoms with van der Waals surface area (Å²) in [5, 5.41) is 43.7. The molecule has 0 spiro atoms. The van der Waals surface area contributed by atoms with E-state index < -0.39 is 173 Å². The molecular weight excluding hydrogens is 1610 g/mol. The van der Waals surface area contributed by atoms with Crippen molar-refractivity contribution < 1.29 is 106 Å².